The topological polar surface area (TPSA) is 98.9 Å². The number of carboxylic acid groups (broad SMARTS) is 1. The zero-order chi connectivity index (χ0) is 17.3. The first kappa shape index (κ1) is 15.8. The first-order valence-electron chi connectivity index (χ1n) is 7.32. The summed E-state index contributed by atoms with van der Waals surface area (Å²) >= 11 is 0. The minimum Gasteiger partial charge on any atom is -0.481 e. The highest BCUT2D eigenvalue weighted by atomic mass is 16.7. The van der Waals surface area contributed by atoms with Crippen molar-refractivity contribution < 1.29 is 24.3 Å². The molecule has 1 atom stereocenters. The highest BCUT2D eigenvalue weighted by Gasteiger charge is 2.24. The van der Waals surface area contributed by atoms with Crippen LogP contribution in [0, 0.1) is 17.0 Å². The molecular weight excluding hydrogens is 314 g/mol. The van der Waals surface area contributed by atoms with Gasteiger partial charge in [0.1, 0.15) is 0 Å². The second-order valence-corrected chi connectivity index (χ2v) is 5.59. The Bertz CT molecular complexity index is 817. The molecule has 7 nitrogen and oxygen atoms in total. The molecule has 7 heteroatoms. The first-order valence-corrected chi connectivity index (χ1v) is 7.32. The third-order valence-corrected chi connectivity index (χ3v) is 4.01. The molecule has 2 aromatic carbocycles. The number of nitro groups is 1. The van der Waals surface area contributed by atoms with Gasteiger partial charge in [0.15, 0.2) is 11.5 Å². The lowest BCUT2D eigenvalue weighted by Gasteiger charge is -2.14. The van der Waals surface area contributed by atoms with E-state index >= 15 is 0 Å². The molecule has 1 aliphatic heterocycles. The van der Waals surface area contributed by atoms with Crippen molar-refractivity contribution >= 4 is 11.7 Å². The first-order chi connectivity index (χ1) is 11.5. The van der Waals surface area contributed by atoms with Crippen LogP contribution in [0.4, 0.5) is 5.69 Å². The lowest BCUT2D eigenvalue weighted by molar-refractivity contribution is -0.385. The maximum absolute atomic E-state index is 11.7. The van der Waals surface area contributed by atoms with Crippen LogP contribution in [-0.4, -0.2) is 22.8 Å². The molecule has 0 aliphatic carbocycles. The highest BCUT2D eigenvalue weighted by Crippen LogP contribution is 2.35. The number of rotatable bonds is 5. The lowest BCUT2D eigenvalue weighted by Crippen LogP contribution is -2.14. The molecule has 0 saturated heterocycles. The van der Waals surface area contributed by atoms with Crippen molar-refractivity contribution in [2.75, 3.05) is 6.79 Å². The van der Waals surface area contributed by atoms with Crippen molar-refractivity contribution in [2.24, 2.45) is 0 Å². The van der Waals surface area contributed by atoms with E-state index < -0.39 is 16.8 Å². The summed E-state index contributed by atoms with van der Waals surface area (Å²) in [7, 11) is 0. The predicted molar refractivity (Wildman–Crippen MR) is 84.5 cm³/mol. The Morgan fingerprint density at radius 3 is 2.71 bits per heavy atom. The summed E-state index contributed by atoms with van der Waals surface area (Å²) in [5, 5.41) is 20.6. The average molecular weight is 329 g/mol. The zero-order valence-corrected chi connectivity index (χ0v) is 12.9. The number of nitro benzene ring substituents is 1. The van der Waals surface area contributed by atoms with E-state index in [9.17, 15) is 20.0 Å². The van der Waals surface area contributed by atoms with E-state index in [0.29, 0.717) is 28.2 Å². The van der Waals surface area contributed by atoms with Gasteiger partial charge in [0.2, 0.25) is 6.79 Å². The van der Waals surface area contributed by atoms with E-state index in [0.717, 1.165) is 0 Å². The van der Waals surface area contributed by atoms with Gasteiger partial charge in [0.05, 0.1) is 10.8 Å². The SMILES string of the molecule is Cc1ccc(CC(C(=O)O)c2ccc3c(c2)OCO3)cc1[N+](=O)[O-]. The molecular formula is C17H15NO6. The van der Waals surface area contributed by atoms with E-state index in [1.54, 1.807) is 37.3 Å². The zero-order valence-electron chi connectivity index (χ0n) is 12.9. The van der Waals surface area contributed by atoms with Crippen LogP contribution in [0.2, 0.25) is 0 Å². The van der Waals surface area contributed by atoms with Crippen LogP contribution in [-0.2, 0) is 11.2 Å². The van der Waals surface area contributed by atoms with Crippen LogP contribution in [0.3, 0.4) is 0 Å². The molecule has 1 N–H and O–H groups in total. The summed E-state index contributed by atoms with van der Waals surface area (Å²) in [6.45, 7) is 1.76. The minimum atomic E-state index is -1.00. The van der Waals surface area contributed by atoms with Crippen LogP contribution < -0.4 is 9.47 Å². The number of benzene rings is 2. The normalized spacial score (nSPS) is 13.5. The quantitative estimate of drug-likeness (QED) is 0.668. The van der Waals surface area contributed by atoms with Gasteiger partial charge >= 0.3 is 5.97 Å². The Balaban J connectivity index is 1.91. The molecule has 3 rings (SSSR count). The number of nitrogens with zero attached hydrogens (tertiary/aromatic N) is 1. The second kappa shape index (κ2) is 6.19. The van der Waals surface area contributed by atoms with E-state index in [4.69, 9.17) is 9.47 Å². The predicted octanol–water partition coefficient (Wildman–Crippen LogP) is 3.04. The maximum atomic E-state index is 11.7. The molecule has 1 aliphatic rings. The van der Waals surface area contributed by atoms with Crippen molar-refractivity contribution in [3.8, 4) is 11.5 Å². The van der Waals surface area contributed by atoms with Crippen LogP contribution in [0.25, 0.3) is 0 Å². The number of carbonyl (C=O) groups is 1. The Morgan fingerprint density at radius 2 is 2.00 bits per heavy atom. The smallest absolute Gasteiger partial charge is 0.311 e. The van der Waals surface area contributed by atoms with Gasteiger partial charge in [-0.3, -0.25) is 14.9 Å². The number of hydrogen-bond donors (Lipinski definition) is 1. The summed E-state index contributed by atoms with van der Waals surface area (Å²) in [4.78, 5) is 22.3. The van der Waals surface area contributed by atoms with Crippen molar-refractivity contribution in [3.63, 3.8) is 0 Å². The molecule has 0 bridgehead atoms. The molecule has 1 heterocycles. The van der Waals surface area contributed by atoms with Gasteiger partial charge in [-0.1, -0.05) is 18.2 Å². The third-order valence-electron chi connectivity index (χ3n) is 4.01. The molecule has 0 spiro atoms. The molecule has 124 valence electrons. The van der Waals surface area contributed by atoms with E-state index in [-0.39, 0.29) is 18.9 Å². The van der Waals surface area contributed by atoms with E-state index in [1.165, 1.54) is 6.07 Å². The summed E-state index contributed by atoms with van der Waals surface area (Å²) < 4.78 is 10.5. The summed E-state index contributed by atoms with van der Waals surface area (Å²) in [6.07, 6.45) is 0.149. The fraction of sp³-hybridized carbons (Fsp3) is 0.235. The van der Waals surface area contributed by atoms with Crippen molar-refractivity contribution in [2.45, 2.75) is 19.3 Å². The van der Waals surface area contributed by atoms with Gasteiger partial charge in [-0.25, -0.2) is 0 Å². The fourth-order valence-corrected chi connectivity index (χ4v) is 2.69. The number of aliphatic carboxylic acids is 1. The van der Waals surface area contributed by atoms with Gasteiger partial charge < -0.3 is 14.6 Å². The molecule has 0 aromatic heterocycles. The monoisotopic (exact) mass is 329 g/mol. The number of aryl methyl sites for hydroxylation is 1. The number of hydrogen-bond acceptors (Lipinski definition) is 5. The third kappa shape index (κ3) is 3.01. The van der Waals surface area contributed by atoms with Gasteiger partial charge in [0.25, 0.3) is 5.69 Å². The lowest BCUT2D eigenvalue weighted by atomic mass is 9.91. The Hall–Kier alpha value is -3.09. The Kier molecular flexibility index (Phi) is 4.07. The van der Waals surface area contributed by atoms with Crippen molar-refractivity contribution in [1.82, 2.24) is 0 Å². The van der Waals surface area contributed by atoms with Crippen LogP contribution in [0.1, 0.15) is 22.6 Å². The number of carboxylic acids is 1. The van der Waals surface area contributed by atoms with Crippen molar-refractivity contribution in [3.05, 3.63) is 63.2 Å². The Labute approximate surface area is 137 Å². The molecule has 0 amide bonds. The number of ether oxygens (including phenoxy) is 2. The highest BCUT2D eigenvalue weighted by molar-refractivity contribution is 5.77. The van der Waals surface area contributed by atoms with E-state index in [1.807, 2.05) is 0 Å². The summed E-state index contributed by atoms with van der Waals surface area (Å²) in [5.41, 5.74) is 1.69. The maximum Gasteiger partial charge on any atom is 0.311 e. The second-order valence-electron chi connectivity index (χ2n) is 5.59. The molecule has 24 heavy (non-hydrogen) atoms. The summed E-state index contributed by atoms with van der Waals surface area (Å²) in [6, 6.07) is 9.76. The summed E-state index contributed by atoms with van der Waals surface area (Å²) in [5.74, 6) is -0.749. The largest absolute Gasteiger partial charge is 0.481 e. The molecule has 2 aromatic rings. The Morgan fingerprint density at radius 1 is 1.25 bits per heavy atom. The van der Waals surface area contributed by atoms with Gasteiger partial charge in [-0.2, -0.15) is 0 Å². The van der Waals surface area contributed by atoms with E-state index in [2.05, 4.69) is 0 Å². The van der Waals surface area contributed by atoms with Crippen molar-refractivity contribution in [1.29, 1.82) is 0 Å². The average Bonchev–Trinajstić information content (AvgIpc) is 3.00. The van der Waals surface area contributed by atoms with Crippen LogP contribution >= 0.6 is 0 Å². The molecule has 0 saturated carbocycles. The van der Waals surface area contributed by atoms with Crippen LogP contribution in [0.15, 0.2) is 36.4 Å². The van der Waals surface area contributed by atoms with Gasteiger partial charge in [-0.05, 0) is 36.6 Å². The van der Waals surface area contributed by atoms with Gasteiger partial charge in [0, 0.05) is 11.6 Å². The fourth-order valence-electron chi connectivity index (χ4n) is 2.69. The standard InChI is InChI=1S/C17H15NO6/c1-10-2-3-11(7-14(10)18(21)22)6-13(17(19)20)12-4-5-15-16(8-12)24-9-23-15/h2-5,7-8,13H,6,9H2,1H3,(H,19,20). The molecule has 1 unspecified atom stereocenters. The van der Waals surface area contributed by atoms with Gasteiger partial charge in [-0.15, -0.1) is 0 Å². The molecule has 0 radical (unpaired) electrons. The van der Waals surface area contributed by atoms with Crippen LogP contribution in [0.5, 0.6) is 11.5 Å². The minimum absolute atomic E-state index is 0.0117. The molecule has 0 fully saturated rings. The number of fused-ring (bicyclic) bond motifs is 1.